The molecule has 0 bridgehead atoms. The third kappa shape index (κ3) is 4.02. The fourth-order valence-electron chi connectivity index (χ4n) is 3.68. The second-order valence-corrected chi connectivity index (χ2v) is 6.80. The first-order valence-corrected chi connectivity index (χ1v) is 9.16. The van der Waals surface area contributed by atoms with Gasteiger partial charge in [0.25, 0.3) is 5.91 Å². The summed E-state index contributed by atoms with van der Waals surface area (Å²) in [6, 6.07) is 12.6. The van der Waals surface area contributed by atoms with Crippen molar-refractivity contribution in [2.75, 3.05) is 44.2 Å². The molecule has 26 heavy (non-hydrogen) atoms. The molecule has 1 N–H and O–H groups in total. The van der Waals surface area contributed by atoms with E-state index in [4.69, 9.17) is 0 Å². The molecule has 0 radical (unpaired) electrons. The van der Waals surface area contributed by atoms with Crippen molar-refractivity contribution < 1.29 is 4.79 Å². The maximum absolute atomic E-state index is 12.8. The highest BCUT2D eigenvalue weighted by molar-refractivity contribution is 5.92. The molecule has 1 atom stereocenters. The van der Waals surface area contributed by atoms with Crippen LogP contribution in [0.15, 0.2) is 42.6 Å². The first kappa shape index (κ1) is 18.7. The van der Waals surface area contributed by atoms with E-state index >= 15 is 0 Å². The second kappa shape index (κ2) is 8.56. The predicted molar refractivity (Wildman–Crippen MR) is 105 cm³/mol. The highest BCUT2D eigenvalue weighted by atomic mass is 35.5. The molecule has 2 aliphatic rings. The Morgan fingerprint density at radius 2 is 1.85 bits per heavy atom. The molecule has 1 amide bonds. The Bertz CT molecular complexity index is 706. The van der Waals surface area contributed by atoms with Gasteiger partial charge in [-0.15, -0.1) is 12.4 Å². The lowest BCUT2D eigenvalue weighted by Gasteiger charge is -2.35. The van der Waals surface area contributed by atoms with Gasteiger partial charge in [0.05, 0.1) is 6.04 Å². The number of piperazine rings is 1. The van der Waals surface area contributed by atoms with Crippen LogP contribution in [-0.4, -0.2) is 59.9 Å². The van der Waals surface area contributed by atoms with E-state index in [0.29, 0.717) is 11.7 Å². The molecule has 7 heteroatoms. The van der Waals surface area contributed by atoms with Crippen LogP contribution in [0.25, 0.3) is 0 Å². The third-order valence-electron chi connectivity index (χ3n) is 5.16. The summed E-state index contributed by atoms with van der Waals surface area (Å²) in [5, 5.41) is 7.95. The van der Waals surface area contributed by atoms with E-state index in [9.17, 15) is 4.79 Å². The van der Waals surface area contributed by atoms with Crippen LogP contribution in [0.4, 0.5) is 5.69 Å². The van der Waals surface area contributed by atoms with E-state index in [2.05, 4.69) is 39.6 Å². The fraction of sp³-hybridized carbons (Fsp3) is 0.474. The highest BCUT2D eigenvalue weighted by Crippen LogP contribution is 2.18. The smallest absolute Gasteiger partial charge is 0.274 e. The molecular formula is C19H26ClN5O. The Balaban J connectivity index is 0.00000196. The lowest BCUT2D eigenvalue weighted by Crippen LogP contribution is -2.49. The van der Waals surface area contributed by atoms with E-state index in [1.165, 1.54) is 5.69 Å². The monoisotopic (exact) mass is 375 g/mol. The molecule has 1 unspecified atom stereocenters. The van der Waals surface area contributed by atoms with Gasteiger partial charge in [-0.1, -0.05) is 18.2 Å². The molecule has 4 rings (SSSR count). The van der Waals surface area contributed by atoms with E-state index in [1.54, 1.807) is 0 Å². The van der Waals surface area contributed by atoms with Crippen LogP contribution in [0, 0.1) is 0 Å². The van der Waals surface area contributed by atoms with Crippen molar-refractivity contribution >= 4 is 24.0 Å². The standard InChI is InChI=1S/C19H25N5O.ClH/c25-19(18-8-10-24(21-18)17-7-4-9-20-15-17)23-13-11-22(12-14-23)16-5-2-1-3-6-16;/h1-3,5-6,8,10,17,20H,4,7,9,11-15H2;1H. The van der Waals surface area contributed by atoms with Gasteiger partial charge in [-0.05, 0) is 37.6 Å². The molecule has 140 valence electrons. The molecule has 6 nitrogen and oxygen atoms in total. The fourth-order valence-corrected chi connectivity index (χ4v) is 3.68. The van der Waals surface area contributed by atoms with Gasteiger partial charge in [0.1, 0.15) is 5.69 Å². The van der Waals surface area contributed by atoms with Gasteiger partial charge in [0, 0.05) is 44.6 Å². The number of halogens is 1. The van der Waals surface area contributed by atoms with Gasteiger partial charge >= 0.3 is 0 Å². The Kier molecular flexibility index (Phi) is 6.16. The summed E-state index contributed by atoms with van der Waals surface area (Å²) in [6.07, 6.45) is 4.23. The predicted octanol–water partition coefficient (Wildman–Crippen LogP) is 2.19. The zero-order chi connectivity index (χ0) is 17.1. The van der Waals surface area contributed by atoms with Crippen LogP contribution in [0.2, 0.25) is 0 Å². The summed E-state index contributed by atoms with van der Waals surface area (Å²) in [7, 11) is 0. The number of carbonyl (C=O) groups excluding carboxylic acids is 1. The quantitative estimate of drug-likeness (QED) is 0.893. The average Bonchev–Trinajstić information content (AvgIpc) is 3.19. The maximum Gasteiger partial charge on any atom is 0.274 e. The number of anilines is 1. The summed E-state index contributed by atoms with van der Waals surface area (Å²) < 4.78 is 1.96. The number of aromatic nitrogens is 2. The zero-order valence-electron chi connectivity index (χ0n) is 14.9. The average molecular weight is 376 g/mol. The van der Waals surface area contributed by atoms with Crippen molar-refractivity contribution in [3.8, 4) is 0 Å². The number of nitrogens with zero attached hydrogens (tertiary/aromatic N) is 4. The SMILES string of the molecule is Cl.O=C(c1ccn(C2CCCNC2)n1)N1CCN(c2ccccc2)CC1. The summed E-state index contributed by atoms with van der Waals surface area (Å²) in [5.41, 5.74) is 1.79. The zero-order valence-corrected chi connectivity index (χ0v) is 15.7. The molecule has 0 spiro atoms. The number of amides is 1. The minimum absolute atomic E-state index is 0. The highest BCUT2D eigenvalue weighted by Gasteiger charge is 2.25. The van der Waals surface area contributed by atoms with Crippen molar-refractivity contribution in [1.29, 1.82) is 0 Å². The van der Waals surface area contributed by atoms with Gasteiger partial charge < -0.3 is 15.1 Å². The van der Waals surface area contributed by atoms with Gasteiger partial charge in [0.15, 0.2) is 0 Å². The molecule has 1 aromatic heterocycles. The van der Waals surface area contributed by atoms with Crippen LogP contribution >= 0.6 is 12.4 Å². The number of benzene rings is 1. The number of hydrogen-bond acceptors (Lipinski definition) is 4. The Hall–Kier alpha value is -2.05. The molecular weight excluding hydrogens is 350 g/mol. The summed E-state index contributed by atoms with van der Waals surface area (Å²) >= 11 is 0. The van der Waals surface area contributed by atoms with Gasteiger partial charge in [-0.25, -0.2) is 0 Å². The van der Waals surface area contributed by atoms with Crippen molar-refractivity contribution in [2.24, 2.45) is 0 Å². The molecule has 2 saturated heterocycles. The van der Waals surface area contributed by atoms with E-state index in [0.717, 1.165) is 52.1 Å². The third-order valence-corrected chi connectivity index (χ3v) is 5.16. The normalized spacial score (nSPS) is 20.5. The summed E-state index contributed by atoms with van der Waals surface area (Å²) in [4.78, 5) is 17.0. The van der Waals surface area contributed by atoms with E-state index in [1.807, 2.05) is 27.9 Å². The molecule has 2 aliphatic heterocycles. The topological polar surface area (TPSA) is 53.4 Å². The number of hydrogen-bond donors (Lipinski definition) is 1. The molecule has 2 aromatic rings. The number of rotatable bonds is 3. The lowest BCUT2D eigenvalue weighted by atomic mass is 10.1. The Morgan fingerprint density at radius 3 is 2.54 bits per heavy atom. The molecule has 0 aliphatic carbocycles. The van der Waals surface area contributed by atoms with Crippen LogP contribution in [-0.2, 0) is 0 Å². The number of piperidine rings is 1. The number of carbonyl (C=O) groups is 1. The first-order valence-electron chi connectivity index (χ1n) is 9.16. The van der Waals surface area contributed by atoms with Crippen molar-refractivity contribution in [3.05, 3.63) is 48.3 Å². The van der Waals surface area contributed by atoms with Crippen LogP contribution < -0.4 is 10.2 Å². The van der Waals surface area contributed by atoms with Crippen LogP contribution in [0.1, 0.15) is 29.4 Å². The molecule has 0 saturated carbocycles. The number of nitrogens with one attached hydrogen (secondary N) is 1. The minimum atomic E-state index is 0. The Labute approximate surface area is 160 Å². The van der Waals surface area contributed by atoms with Crippen LogP contribution in [0.3, 0.4) is 0 Å². The first-order chi connectivity index (χ1) is 12.3. The van der Waals surface area contributed by atoms with E-state index < -0.39 is 0 Å². The maximum atomic E-state index is 12.8. The molecule has 2 fully saturated rings. The second-order valence-electron chi connectivity index (χ2n) is 6.80. The van der Waals surface area contributed by atoms with Gasteiger partial charge in [-0.2, -0.15) is 5.10 Å². The van der Waals surface area contributed by atoms with Gasteiger partial charge in [0.2, 0.25) is 0 Å². The lowest BCUT2D eigenvalue weighted by molar-refractivity contribution is 0.0739. The number of para-hydroxylation sites is 1. The largest absolute Gasteiger partial charge is 0.368 e. The van der Waals surface area contributed by atoms with Crippen LogP contribution in [0.5, 0.6) is 0 Å². The summed E-state index contributed by atoms with van der Waals surface area (Å²) in [6.45, 7) is 5.23. The van der Waals surface area contributed by atoms with Crippen molar-refractivity contribution in [1.82, 2.24) is 20.0 Å². The van der Waals surface area contributed by atoms with Gasteiger partial charge in [-0.3, -0.25) is 9.48 Å². The molecule has 1 aromatic carbocycles. The van der Waals surface area contributed by atoms with Crippen molar-refractivity contribution in [2.45, 2.75) is 18.9 Å². The van der Waals surface area contributed by atoms with E-state index in [-0.39, 0.29) is 18.3 Å². The Morgan fingerprint density at radius 1 is 1.08 bits per heavy atom. The summed E-state index contributed by atoms with van der Waals surface area (Å²) in [5.74, 6) is 0.0511. The van der Waals surface area contributed by atoms with Crippen molar-refractivity contribution in [3.63, 3.8) is 0 Å². The molecule has 3 heterocycles. The minimum Gasteiger partial charge on any atom is -0.368 e.